The van der Waals surface area contributed by atoms with Crippen LogP contribution in [0.15, 0.2) is 72.3 Å². The van der Waals surface area contributed by atoms with E-state index in [0.717, 1.165) is 6.42 Å². The molecule has 0 N–H and O–H groups in total. The van der Waals surface area contributed by atoms with Crippen molar-refractivity contribution in [1.82, 2.24) is 0 Å². The van der Waals surface area contributed by atoms with E-state index in [-0.39, 0.29) is 0 Å². The zero-order chi connectivity index (χ0) is 19.2. The van der Waals surface area contributed by atoms with Crippen molar-refractivity contribution in [2.75, 3.05) is 0 Å². The number of aryl methyl sites for hydroxylation is 1. The van der Waals surface area contributed by atoms with Gasteiger partial charge in [-0.05, 0) is 65.3 Å². The number of hydrogen-bond donors (Lipinski definition) is 0. The molecule has 0 aliphatic rings. The summed E-state index contributed by atoms with van der Waals surface area (Å²) in [6.07, 6.45) is 11.8. The summed E-state index contributed by atoms with van der Waals surface area (Å²) in [7, 11) is 0. The molecule has 0 saturated heterocycles. The van der Waals surface area contributed by atoms with E-state index in [0.29, 0.717) is 5.92 Å². The molecule has 3 rings (SSSR count). The van der Waals surface area contributed by atoms with Gasteiger partial charge in [-0.2, -0.15) is 0 Å². The molecule has 0 fully saturated rings. The third-order valence-corrected chi connectivity index (χ3v) is 5.39. The number of allylic oxidation sites excluding steroid dienone is 4. The highest BCUT2D eigenvalue weighted by atomic mass is 14.1. The molecule has 0 bridgehead atoms. The molecular weight excluding hydrogens is 324 g/mol. The summed E-state index contributed by atoms with van der Waals surface area (Å²) in [6.45, 7) is 8.92. The van der Waals surface area contributed by atoms with Gasteiger partial charge in [-0.15, -0.1) is 0 Å². The van der Waals surface area contributed by atoms with Crippen LogP contribution < -0.4 is 0 Å². The van der Waals surface area contributed by atoms with Crippen molar-refractivity contribution in [2.24, 2.45) is 5.92 Å². The van der Waals surface area contributed by atoms with Crippen LogP contribution >= 0.6 is 0 Å². The van der Waals surface area contributed by atoms with E-state index in [9.17, 15) is 0 Å². The van der Waals surface area contributed by atoms with Crippen LogP contribution in [-0.4, -0.2) is 0 Å². The molecule has 0 spiro atoms. The minimum atomic E-state index is 0.630. The largest absolute Gasteiger partial charge is 0.0874 e. The van der Waals surface area contributed by atoms with Gasteiger partial charge >= 0.3 is 0 Å². The van der Waals surface area contributed by atoms with Gasteiger partial charge in [0, 0.05) is 0 Å². The van der Waals surface area contributed by atoms with Gasteiger partial charge in [0.2, 0.25) is 0 Å². The SMILES string of the molecule is CC=CC(=CC(C)CCCC)Cc1cc2ccccc2c2cc(C)ccc12. The quantitative estimate of drug-likeness (QED) is 0.296. The standard InChI is InChI=1S/C27H32/c1-5-7-11-20(3)16-22(10-6-2)18-24-19-23-12-8-9-13-25(23)27-17-21(4)14-15-26(24)27/h6,8-10,12-17,19-20H,5,7,11,18H2,1-4H3. The first-order valence-corrected chi connectivity index (χ1v) is 10.4. The van der Waals surface area contributed by atoms with Crippen LogP contribution in [-0.2, 0) is 6.42 Å². The Balaban J connectivity index is 2.07. The molecule has 0 saturated carbocycles. The highest BCUT2D eigenvalue weighted by Gasteiger charge is 2.09. The Morgan fingerprint density at radius 1 is 1.00 bits per heavy atom. The monoisotopic (exact) mass is 356 g/mol. The predicted octanol–water partition coefficient (Wildman–Crippen LogP) is 8.17. The molecule has 140 valence electrons. The smallest absolute Gasteiger partial charge is 0.00226 e. The summed E-state index contributed by atoms with van der Waals surface area (Å²) < 4.78 is 0. The first kappa shape index (κ1) is 19.4. The van der Waals surface area contributed by atoms with Gasteiger partial charge in [0.05, 0.1) is 0 Å². The summed E-state index contributed by atoms with van der Waals surface area (Å²) in [5, 5.41) is 5.45. The van der Waals surface area contributed by atoms with Crippen LogP contribution in [0, 0.1) is 12.8 Å². The summed E-state index contributed by atoms with van der Waals surface area (Å²) in [4.78, 5) is 0. The number of benzene rings is 3. The highest BCUT2D eigenvalue weighted by molar-refractivity contribution is 6.09. The van der Waals surface area contributed by atoms with E-state index >= 15 is 0 Å². The maximum absolute atomic E-state index is 2.48. The van der Waals surface area contributed by atoms with Crippen molar-refractivity contribution in [3.05, 3.63) is 83.5 Å². The number of rotatable bonds is 7. The molecule has 0 radical (unpaired) electrons. The second-order valence-electron chi connectivity index (χ2n) is 7.84. The lowest BCUT2D eigenvalue weighted by Crippen LogP contribution is -1.96. The first-order chi connectivity index (χ1) is 13.1. The molecule has 0 heterocycles. The van der Waals surface area contributed by atoms with Crippen molar-refractivity contribution >= 4 is 21.5 Å². The summed E-state index contributed by atoms with van der Waals surface area (Å²) in [5.41, 5.74) is 4.18. The van der Waals surface area contributed by atoms with E-state index in [4.69, 9.17) is 0 Å². The van der Waals surface area contributed by atoms with Gasteiger partial charge in [-0.25, -0.2) is 0 Å². The van der Waals surface area contributed by atoms with Gasteiger partial charge in [0.25, 0.3) is 0 Å². The lowest BCUT2D eigenvalue weighted by atomic mass is 9.91. The molecule has 0 aliphatic carbocycles. The molecule has 0 heteroatoms. The maximum atomic E-state index is 2.48. The number of hydrogen-bond acceptors (Lipinski definition) is 0. The molecule has 3 aromatic rings. The van der Waals surface area contributed by atoms with Crippen LogP contribution in [0.4, 0.5) is 0 Å². The van der Waals surface area contributed by atoms with Crippen LogP contribution in [0.1, 0.15) is 51.2 Å². The number of unbranched alkanes of at least 4 members (excludes halogenated alkanes) is 1. The van der Waals surface area contributed by atoms with E-state index in [1.54, 1.807) is 0 Å². The lowest BCUT2D eigenvalue weighted by Gasteiger charge is -2.14. The average molecular weight is 357 g/mol. The third kappa shape index (κ3) is 4.69. The maximum Gasteiger partial charge on any atom is -0.00226 e. The van der Waals surface area contributed by atoms with E-state index in [1.165, 1.54) is 57.5 Å². The minimum absolute atomic E-state index is 0.630. The Bertz CT molecular complexity index is 972. The van der Waals surface area contributed by atoms with Crippen LogP contribution in [0.5, 0.6) is 0 Å². The Morgan fingerprint density at radius 2 is 1.81 bits per heavy atom. The lowest BCUT2D eigenvalue weighted by molar-refractivity contribution is 0.595. The number of fused-ring (bicyclic) bond motifs is 3. The molecule has 0 aliphatic heterocycles. The van der Waals surface area contributed by atoms with Crippen molar-refractivity contribution in [3.63, 3.8) is 0 Å². The molecule has 0 nitrogen and oxygen atoms in total. The van der Waals surface area contributed by atoms with Gasteiger partial charge in [-0.3, -0.25) is 0 Å². The normalized spacial score (nSPS) is 13.7. The fourth-order valence-corrected chi connectivity index (χ4v) is 4.02. The molecule has 1 unspecified atom stereocenters. The molecule has 0 aromatic heterocycles. The van der Waals surface area contributed by atoms with Crippen molar-refractivity contribution in [3.8, 4) is 0 Å². The van der Waals surface area contributed by atoms with E-state index < -0.39 is 0 Å². The van der Waals surface area contributed by atoms with Gasteiger partial charge in [-0.1, -0.05) is 99.0 Å². The van der Waals surface area contributed by atoms with Crippen molar-refractivity contribution in [2.45, 2.75) is 53.4 Å². The second kappa shape index (κ2) is 9.04. The van der Waals surface area contributed by atoms with Crippen molar-refractivity contribution < 1.29 is 0 Å². The van der Waals surface area contributed by atoms with Gasteiger partial charge in [0.1, 0.15) is 0 Å². The van der Waals surface area contributed by atoms with Crippen LogP contribution in [0.2, 0.25) is 0 Å². The fourth-order valence-electron chi connectivity index (χ4n) is 4.02. The Morgan fingerprint density at radius 3 is 2.59 bits per heavy atom. The summed E-state index contributed by atoms with van der Waals surface area (Å²) in [5.74, 6) is 0.630. The zero-order valence-electron chi connectivity index (χ0n) is 17.3. The highest BCUT2D eigenvalue weighted by Crippen LogP contribution is 2.31. The topological polar surface area (TPSA) is 0 Å². The minimum Gasteiger partial charge on any atom is -0.0874 e. The van der Waals surface area contributed by atoms with Crippen molar-refractivity contribution in [1.29, 1.82) is 0 Å². The predicted molar refractivity (Wildman–Crippen MR) is 121 cm³/mol. The zero-order valence-corrected chi connectivity index (χ0v) is 17.3. The molecule has 0 amide bonds. The average Bonchev–Trinajstić information content (AvgIpc) is 2.66. The van der Waals surface area contributed by atoms with Crippen LogP contribution in [0.25, 0.3) is 21.5 Å². The molecule has 1 atom stereocenters. The molecule has 3 aromatic carbocycles. The Kier molecular flexibility index (Phi) is 6.50. The van der Waals surface area contributed by atoms with E-state index in [1.807, 2.05) is 0 Å². The summed E-state index contributed by atoms with van der Waals surface area (Å²) >= 11 is 0. The Labute approximate surface area is 164 Å². The third-order valence-electron chi connectivity index (χ3n) is 5.39. The molecule has 27 heavy (non-hydrogen) atoms. The van der Waals surface area contributed by atoms with Gasteiger partial charge in [0.15, 0.2) is 0 Å². The molecular formula is C27H32. The first-order valence-electron chi connectivity index (χ1n) is 10.4. The second-order valence-corrected chi connectivity index (χ2v) is 7.84. The Hall–Kier alpha value is -2.34. The van der Waals surface area contributed by atoms with Crippen LogP contribution in [0.3, 0.4) is 0 Å². The summed E-state index contributed by atoms with van der Waals surface area (Å²) in [6, 6.07) is 18.0. The fraction of sp³-hybridized carbons (Fsp3) is 0.333. The van der Waals surface area contributed by atoms with Gasteiger partial charge < -0.3 is 0 Å². The van der Waals surface area contributed by atoms with E-state index in [2.05, 4.69) is 94.5 Å².